The van der Waals surface area contributed by atoms with Crippen LogP contribution in [-0.4, -0.2) is 4.98 Å². The number of thiophene rings is 1. The third kappa shape index (κ3) is 2.88. The molecule has 0 unspecified atom stereocenters. The quantitative estimate of drug-likeness (QED) is 0.853. The molecule has 0 aromatic carbocycles. The van der Waals surface area contributed by atoms with Gasteiger partial charge in [-0.3, -0.25) is 4.98 Å². The molecule has 2 heterocycles. The van der Waals surface area contributed by atoms with E-state index in [2.05, 4.69) is 34.1 Å². The van der Waals surface area contributed by atoms with Crippen LogP contribution in [0.5, 0.6) is 0 Å². The Kier molecular flexibility index (Phi) is 3.48. The van der Waals surface area contributed by atoms with Crippen LogP contribution < -0.4 is 5.32 Å². The van der Waals surface area contributed by atoms with Gasteiger partial charge in [0.25, 0.3) is 0 Å². The summed E-state index contributed by atoms with van der Waals surface area (Å²) in [6.07, 6.45) is 3.69. The number of hydrogen-bond donors (Lipinski definition) is 1. The first-order valence-electron chi connectivity index (χ1n) is 4.97. The number of nitrogens with zero attached hydrogens (tertiary/aromatic N) is 1. The first kappa shape index (κ1) is 10.3. The molecule has 2 aromatic heterocycles. The van der Waals surface area contributed by atoms with Gasteiger partial charge in [0.05, 0.1) is 0 Å². The van der Waals surface area contributed by atoms with E-state index in [1.165, 1.54) is 16.7 Å². The highest BCUT2D eigenvalue weighted by molar-refractivity contribution is 7.08. The second-order valence-corrected chi connectivity index (χ2v) is 4.29. The SMILES string of the molecule is Cc1cscc1CNCc1cccnc1. The Labute approximate surface area is 94.0 Å². The van der Waals surface area contributed by atoms with Crippen molar-refractivity contribution in [2.75, 3.05) is 0 Å². The van der Waals surface area contributed by atoms with Crippen LogP contribution in [-0.2, 0) is 13.1 Å². The summed E-state index contributed by atoms with van der Waals surface area (Å²) >= 11 is 1.76. The molecule has 2 rings (SSSR count). The molecule has 2 aromatic rings. The molecule has 0 amide bonds. The average molecular weight is 218 g/mol. The number of nitrogens with one attached hydrogen (secondary N) is 1. The van der Waals surface area contributed by atoms with Crippen LogP contribution in [0.2, 0.25) is 0 Å². The molecular weight excluding hydrogens is 204 g/mol. The molecule has 0 radical (unpaired) electrons. The number of pyridine rings is 1. The molecule has 0 atom stereocenters. The lowest BCUT2D eigenvalue weighted by molar-refractivity contribution is 0.690. The molecule has 0 fully saturated rings. The fraction of sp³-hybridized carbons (Fsp3) is 0.250. The van der Waals surface area contributed by atoms with E-state index in [9.17, 15) is 0 Å². The smallest absolute Gasteiger partial charge is 0.0312 e. The van der Waals surface area contributed by atoms with Crippen molar-refractivity contribution >= 4 is 11.3 Å². The fourth-order valence-corrected chi connectivity index (χ4v) is 2.27. The van der Waals surface area contributed by atoms with Crippen molar-refractivity contribution in [2.45, 2.75) is 20.0 Å². The second kappa shape index (κ2) is 5.05. The van der Waals surface area contributed by atoms with Gasteiger partial charge in [-0.2, -0.15) is 11.3 Å². The molecule has 0 bridgehead atoms. The van der Waals surface area contributed by atoms with Gasteiger partial charge in [-0.15, -0.1) is 0 Å². The van der Waals surface area contributed by atoms with E-state index < -0.39 is 0 Å². The molecule has 15 heavy (non-hydrogen) atoms. The zero-order chi connectivity index (χ0) is 10.5. The Bertz CT molecular complexity index is 409. The van der Waals surface area contributed by atoms with Gasteiger partial charge in [0.15, 0.2) is 0 Å². The summed E-state index contributed by atoms with van der Waals surface area (Å²) in [5.74, 6) is 0. The van der Waals surface area contributed by atoms with Crippen molar-refractivity contribution in [3.63, 3.8) is 0 Å². The maximum absolute atomic E-state index is 4.08. The van der Waals surface area contributed by atoms with Gasteiger partial charge in [-0.25, -0.2) is 0 Å². The van der Waals surface area contributed by atoms with Crippen LogP contribution in [0.3, 0.4) is 0 Å². The van der Waals surface area contributed by atoms with Crippen molar-refractivity contribution in [3.8, 4) is 0 Å². The summed E-state index contributed by atoms with van der Waals surface area (Å²) in [5, 5.41) is 7.79. The number of aromatic nitrogens is 1. The summed E-state index contributed by atoms with van der Waals surface area (Å²) in [6.45, 7) is 3.96. The lowest BCUT2D eigenvalue weighted by Crippen LogP contribution is -2.12. The third-order valence-electron chi connectivity index (χ3n) is 2.33. The van der Waals surface area contributed by atoms with Crippen LogP contribution in [0.15, 0.2) is 35.3 Å². The predicted molar refractivity (Wildman–Crippen MR) is 63.8 cm³/mol. The maximum Gasteiger partial charge on any atom is 0.0312 e. The first-order valence-corrected chi connectivity index (χ1v) is 5.92. The van der Waals surface area contributed by atoms with Gasteiger partial charge in [-0.05, 0) is 40.4 Å². The van der Waals surface area contributed by atoms with Gasteiger partial charge >= 0.3 is 0 Å². The summed E-state index contributed by atoms with van der Waals surface area (Å²) < 4.78 is 0. The minimum absolute atomic E-state index is 0.878. The standard InChI is InChI=1S/C12H14N2S/c1-10-8-15-9-12(10)7-14-6-11-3-2-4-13-5-11/h2-5,8-9,14H,6-7H2,1H3. The maximum atomic E-state index is 4.08. The minimum Gasteiger partial charge on any atom is -0.309 e. The molecule has 0 saturated heterocycles. The Hall–Kier alpha value is -1.19. The Balaban J connectivity index is 1.83. The molecule has 1 N–H and O–H groups in total. The second-order valence-electron chi connectivity index (χ2n) is 3.54. The summed E-state index contributed by atoms with van der Waals surface area (Å²) in [6, 6.07) is 4.05. The van der Waals surface area contributed by atoms with Crippen molar-refractivity contribution in [1.82, 2.24) is 10.3 Å². The Morgan fingerprint density at radius 3 is 2.93 bits per heavy atom. The molecule has 0 aliphatic carbocycles. The van der Waals surface area contributed by atoms with Crippen molar-refractivity contribution in [2.24, 2.45) is 0 Å². The molecule has 3 heteroatoms. The zero-order valence-corrected chi connectivity index (χ0v) is 9.55. The largest absolute Gasteiger partial charge is 0.309 e. The molecule has 0 aliphatic rings. The first-order chi connectivity index (χ1) is 7.36. The van der Waals surface area contributed by atoms with Crippen LogP contribution in [0, 0.1) is 6.92 Å². The van der Waals surface area contributed by atoms with Crippen LogP contribution in [0.1, 0.15) is 16.7 Å². The third-order valence-corrected chi connectivity index (χ3v) is 3.24. The molecule has 0 spiro atoms. The van der Waals surface area contributed by atoms with E-state index in [0.717, 1.165) is 13.1 Å². The van der Waals surface area contributed by atoms with Gasteiger partial charge < -0.3 is 5.32 Å². The van der Waals surface area contributed by atoms with E-state index >= 15 is 0 Å². The van der Waals surface area contributed by atoms with Crippen molar-refractivity contribution in [3.05, 3.63) is 52.0 Å². The average Bonchev–Trinajstić information content (AvgIpc) is 2.66. The highest BCUT2D eigenvalue weighted by atomic mass is 32.1. The topological polar surface area (TPSA) is 24.9 Å². The van der Waals surface area contributed by atoms with Gasteiger partial charge in [0, 0.05) is 25.5 Å². The van der Waals surface area contributed by atoms with Crippen molar-refractivity contribution < 1.29 is 0 Å². The van der Waals surface area contributed by atoms with E-state index in [-0.39, 0.29) is 0 Å². The molecular formula is C12H14N2S. The number of hydrogen-bond acceptors (Lipinski definition) is 3. The van der Waals surface area contributed by atoms with Crippen LogP contribution >= 0.6 is 11.3 Å². The summed E-state index contributed by atoms with van der Waals surface area (Å²) in [5.41, 5.74) is 3.99. The lowest BCUT2D eigenvalue weighted by Gasteiger charge is -2.03. The molecule has 0 aliphatic heterocycles. The molecule has 2 nitrogen and oxygen atoms in total. The van der Waals surface area contributed by atoms with Gasteiger partial charge in [0.1, 0.15) is 0 Å². The lowest BCUT2D eigenvalue weighted by atomic mass is 10.2. The Morgan fingerprint density at radius 2 is 2.27 bits per heavy atom. The highest BCUT2D eigenvalue weighted by Gasteiger charge is 1.98. The highest BCUT2D eigenvalue weighted by Crippen LogP contribution is 2.13. The Morgan fingerprint density at radius 1 is 1.33 bits per heavy atom. The minimum atomic E-state index is 0.878. The molecule has 78 valence electrons. The van der Waals surface area contributed by atoms with Gasteiger partial charge in [0.2, 0.25) is 0 Å². The summed E-state index contributed by atoms with van der Waals surface area (Å²) in [4.78, 5) is 4.08. The number of rotatable bonds is 4. The molecule has 0 saturated carbocycles. The van der Waals surface area contributed by atoms with E-state index in [4.69, 9.17) is 0 Å². The van der Waals surface area contributed by atoms with Gasteiger partial charge in [-0.1, -0.05) is 6.07 Å². The van der Waals surface area contributed by atoms with Crippen molar-refractivity contribution in [1.29, 1.82) is 0 Å². The monoisotopic (exact) mass is 218 g/mol. The predicted octanol–water partition coefficient (Wildman–Crippen LogP) is 2.74. The van der Waals surface area contributed by atoms with Crippen LogP contribution in [0.25, 0.3) is 0 Å². The number of aryl methyl sites for hydroxylation is 1. The van der Waals surface area contributed by atoms with E-state index in [1.807, 2.05) is 12.3 Å². The van der Waals surface area contributed by atoms with E-state index in [0.29, 0.717) is 0 Å². The van der Waals surface area contributed by atoms with Crippen LogP contribution in [0.4, 0.5) is 0 Å². The summed E-state index contributed by atoms with van der Waals surface area (Å²) in [7, 11) is 0. The normalized spacial score (nSPS) is 10.5. The zero-order valence-electron chi connectivity index (χ0n) is 8.73. The van der Waals surface area contributed by atoms with E-state index in [1.54, 1.807) is 17.5 Å². The fourth-order valence-electron chi connectivity index (χ4n) is 1.41.